The molecule has 0 atom stereocenters. The maximum absolute atomic E-state index is 11.8. The predicted molar refractivity (Wildman–Crippen MR) is 67.2 cm³/mol. The van der Waals surface area contributed by atoms with E-state index in [1.807, 2.05) is 18.2 Å². The summed E-state index contributed by atoms with van der Waals surface area (Å²) in [7, 11) is 0. The second-order valence-corrected chi connectivity index (χ2v) is 4.99. The van der Waals surface area contributed by atoms with Crippen molar-refractivity contribution in [1.82, 2.24) is 0 Å². The van der Waals surface area contributed by atoms with E-state index >= 15 is 0 Å². The van der Waals surface area contributed by atoms with Gasteiger partial charge in [-0.15, -0.1) is 0 Å². The van der Waals surface area contributed by atoms with Gasteiger partial charge in [0.25, 0.3) is 0 Å². The molecule has 0 spiro atoms. The minimum Gasteiger partial charge on any atom is -0.382 e. The highest BCUT2D eigenvalue weighted by molar-refractivity contribution is 9.11. The average molecular weight is 377 g/mol. The summed E-state index contributed by atoms with van der Waals surface area (Å²) in [5.41, 5.74) is 0.809. The van der Waals surface area contributed by atoms with Gasteiger partial charge in [-0.1, -0.05) is 15.9 Å². The van der Waals surface area contributed by atoms with E-state index in [0.717, 1.165) is 14.6 Å². The highest BCUT2D eigenvalue weighted by Gasteiger charge is 2.27. The summed E-state index contributed by atoms with van der Waals surface area (Å²) in [6.45, 7) is -0.894. The van der Waals surface area contributed by atoms with E-state index < -0.39 is 12.8 Å². The van der Waals surface area contributed by atoms with Gasteiger partial charge >= 0.3 is 6.18 Å². The molecule has 0 heterocycles. The third-order valence-electron chi connectivity index (χ3n) is 1.76. The maximum Gasteiger partial charge on any atom is 0.411 e. The molecule has 0 aliphatic rings. The standard InChI is InChI=1S/C10H10Br2F3NO/c11-7-1-2-9(8(12)5-7)16-3-4-17-6-10(13,14)15/h1-2,5,16H,3-4,6H2. The van der Waals surface area contributed by atoms with E-state index in [9.17, 15) is 13.2 Å². The summed E-state index contributed by atoms with van der Waals surface area (Å²) < 4.78 is 41.5. The van der Waals surface area contributed by atoms with Gasteiger partial charge in [-0.05, 0) is 34.1 Å². The molecule has 0 unspecified atom stereocenters. The van der Waals surface area contributed by atoms with Gasteiger partial charge in [0.2, 0.25) is 0 Å². The summed E-state index contributed by atoms with van der Waals surface area (Å²) in [6, 6.07) is 5.50. The van der Waals surface area contributed by atoms with Gasteiger partial charge in [-0.25, -0.2) is 0 Å². The summed E-state index contributed by atoms with van der Waals surface area (Å²) in [6.07, 6.45) is -4.27. The Kier molecular flexibility index (Phi) is 5.75. The fourth-order valence-corrected chi connectivity index (χ4v) is 2.27. The monoisotopic (exact) mass is 375 g/mol. The Hall–Kier alpha value is -0.270. The van der Waals surface area contributed by atoms with Gasteiger partial charge in [0.05, 0.1) is 6.61 Å². The molecule has 1 aromatic rings. The number of alkyl halides is 3. The summed E-state index contributed by atoms with van der Waals surface area (Å²) in [5.74, 6) is 0. The molecule has 1 aromatic carbocycles. The summed E-state index contributed by atoms with van der Waals surface area (Å²) in [4.78, 5) is 0. The van der Waals surface area contributed by atoms with E-state index in [0.29, 0.717) is 6.54 Å². The number of halogens is 5. The Labute approximate surface area is 114 Å². The van der Waals surface area contributed by atoms with Crippen molar-refractivity contribution in [2.45, 2.75) is 6.18 Å². The summed E-state index contributed by atoms with van der Waals surface area (Å²) in [5, 5.41) is 2.97. The molecule has 0 aromatic heterocycles. The first-order valence-electron chi connectivity index (χ1n) is 4.72. The molecule has 17 heavy (non-hydrogen) atoms. The first kappa shape index (κ1) is 14.8. The van der Waals surface area contributed by atoms with Crippen molar-refractivity contribution >= 4 is 37.5 Å². The SMILES string of the molecule is FC(F)(F)COCCNc1ccc(Br)cc1Br. The van der Waals surface area contributed by atoms with Crippen LogP contribution in [0.15, 0.2) is 27.1 Å². The highest BCUT2D eigenvalue weighted by Crippen LogP contribution is 2.25. The lowest BCUT2D eigenvalue weighted by atomic mass is 10.3. The van der Waals surface area contributed by atoms with E-state index in [1.165, 1.54) is 0 Å². The maximum atomic E-state index is 11.8. The lowest BCUT2D eigenvalue weighted by molar-refractivity contribution is -0.172. The molecule has 0 fully saturated rings. The number of anilines is 1. The Morgan fingerprint density at radius 1 is 1.24 bits per heavy atom. The topological polar surface area (TPSA) is 21.3 Å². The van der Waals surface area contributed by atoms with Crippen LogP contribution in [0, 0.1) is 0 Å². The second kappa shape index (κ2) is 6.61. The number of hydrogen-bond acceptors (Lipinski definition) is 2. The van der Waals surface area contributed by atoms with Gasteiger partial charge in [0.15, 0.2) is 0 Å². The van der Waals surface area contributed by atoms with E-state index in [4.69, 9.17) is 0 Å². The van der Waals surface area contributed by atoms with Gasteiger partial charge in [0.1, 0.15) is 6.61 Å². The van der Waals surface area contributed by atoms with Crippen LogP contribution in [-0.4, -0.2) is 25.9 Å². The summed E-state index contributed by atoms with van der Waals surface area (Å²) >= 11 is 6.64. The molecular formula is C10H10Br2F3NO. The smallest absolute Gasteiger partial charge is 0.382 e. The van der Waals surface area contributed by atoms with Gasteiger partial charge in [-0.3, -0.25) is 0 Å². The fraction of sp³-hybridized carbons (Fsp3) is 0.400. The van der Waals surface area contributed by atoms with Gasteiger partial charge in [-0.2, -0.15) is 13.2 Å². The van der Waals surface area contributed by atoms with Crippen molar-refractivity contribution in [1.29, 1.82) is 0 Å². The third-order valence-corrected chi connectivity index (χ3v) is 2.91. The minimum absolute atomic E-state index is 0.00200. The third kappa shape index (κ3) is 6.28. The molecule has 0 bridgehead atoms. The second-order valence-electron chi connectivity index (χ2n) is 3.22. The van der Waals surface area contributed by atoms with Crippen LogP contribution in [-0.2, 0) is 4.74 Å². The number of benzene rings is 1. The van der Waals surface area contributed by atoms with Crippen LogP contribution in [0.4, 0.5) is 18.9 Å². The molecular weight excluding hydrogens is 367 g/mol. The van der Waals surface area contributed by atoms with Gasteiger partial charge in [0, 0.05) is 21.2 Å². The predicted octanol–water partition coefficient (Wildman–Crippen LogP) is 4.20. The first-order chi connectivity index (χ1) is 7.88. The zero-order chi connectivity index (χ0) is 12.9. The molecule has 2 nitrogen and oxygen atoms in total. The van der Waals surface area contributed by atoms with Crippen LogP contribution in [0.2, 0.25) is 0 Å². The Morgan fingerprint density at radius 2 is 1.94 bits per heavy atom. The Balaban J connectivity index is 2.27. The van der Waals surface area contributed by atoms with Crippen molar-refractivity contribution in [3.8, 4) is 0 Å². The fourth-order valence-electron chi connectivity index (χ4n) is 1.08. The van der Waals surface area contributed by atoms with Crippen LogP contribution in [0.3, 0.4) is 0 Å². The molecule has 96 valence electrons. The normalized spacial score (nSPS) is 11.6. The average Bonchev–Trinajstić information content (AvgIpc) is 2.18. The Morgan fingerprint density at radius 3 is 2.53 bits per heavy atom. The molecule has 0 aliphatic carbocycles. The van der Waals surface area contributed by atoms with Crippen LogP contribution in [0.25, 0.3) is 0 Å². The number of nitrogens with one attached hydrogen (secondary N) is 1. The molecule has 0 aliphatic heterocycles. The largest absolute Gasteiger partial charge is 0.411 e. The van der Waals surface area contributed by atoms with Crippen LogP contribution < -0.4 is 5.32 Å². The lowest BCUT2D eigenvalue weighted by Gasteiger charge is -2.10. The quantitative estimate of drug-likeness (QED) is 0.777. The first-order valence-corrected chi connectivity index (χ1v) is 6.30. The van der Waals surface area contributed by atoms with Crippen LogP contribution >= 0.6 is 31.9 Å². The van der Waals surface area contributed by atoms with E-state index in [1.54, 1.807) is 0 Å². The Bertz CT molecular complexity index is 371. The minimum atomic E-state index is -4.27. The van der Waals surface area contributed by atoms with Crippen molar-refractivity contribution in [3.05, 3.63) is 27.1 Å². The highest BCUT2D eigenvalue weighted by atomic mass is 79.9. The number of rotatable bonds is 5. The molecule has 0 saturated heterocycles. The molecule has 0 radical (unpaired) electrons. The van der Waals surface area contributed by atoms with Crippen LogP contribution in [0.1, 0.15) is 0 Å². The number of hydrogen-bond donors (Lipinski definition) is 1. The van der Waals surface area contributed by atoms with E-state index in [-0.39, 0.29) is 6.61 Å². The molecule has 0 saturated carbocycles. The van der Waals surface area contributed by atoms with Crippen LogP contribution in [0.5, 0.6) is 0 Å². The molecule has 7 heteroatoms. The van der Waals surface area contributed by atoms with Crippen molar-refractivity contribution in [2.75, 3.05) is 25.1 Å². The molecule has 0 amide bonds. The zero-order valence-corrected chi connectivity index (χ0v) is 11.8. The van der Waals surface area contributed by atoms with Crippen molar-refractivity contribution in [3.63, 3.8) is 0 Å². The van der Waals surface area contributed by atoms with Gasteiger partial charge < -0.3 is 10.1 Å². The molecule has 1 N–H and O–H groups in total. The lowest BCUT2D eigenvalue weighted by Crippen LogP contribution is -2.20. The van der Waals surface area contributed by atoms with E-state index in [2.05, 4.69) is 41.9 Å². The zero-order valence-electron chi connectivity index (χ0n) is 8.65. The number of ether oxygens (including phenoxy) is 1. The molecule has 1 rings (SSSR count). The van der Waals surface area contributed by atoms with Crippen molar-refractivity contribution < 1.29 is 17.9 Å². The van der Waals surface area contributed by atoms with Crippen molar-refractivity contribution in [2.24, 2.45) is 0 Å².